The second-order valence-electron chi connectivity index (χ2n) is 3.62. The number of nitrogens with zero attached hydrogens (tertiary/aromatic N) is 3. The van der Waals surface area contributed by atoms with Crippen LogP contribution in [-0.4, -0.2) is 15.8 Å². The summed E-state index contributed by atoms with van der Waals surface area (Å²) in [6, 6.07) is 4.05. The molecule has 1 aliphatic rings. The summed E-state index contributed by atoms with van der Waals surface area (Å²) in [5.74, 6) is 0.998. The molecule has 0 spiro atoms. The molecule has 0 amide bonds. The average molecular weight is 257 g/mol. The van der Waals surface area contributed by atoms with Crippen molar-refractivity contribution in [3.63, 3.8) is 0 Å². The smallest absolute Gasteiger partial charge is 0.141 e. The van der Waals surface area contributed by atoms with Crippen LogP contribution in [0.1, 0.15) is 39.7 Å². The zero-order chi connectivity index (χ0) is 14.3. The van der Waals surface area contributed by atoms with Crippen molar-refractivity contribution in [3.05, 3.63) is 30.0 Å². The summed E-state index contributed by atoms with van der Waals surface area (Å²) in [5, 5.41) is 1.17. The molecule has 2 aromatic rings. The molecule has 0 atom stereocenters. The third kappa shape index (κ3) is 2.92. The first kappa shape index (κ1) is 15.2. The molecule has 0 saturated heterocycles. The first-order chi connectivity index (χ1) is 9.38. The van der Waals surface area contributed by atoms with Crippen LogP contribution in [0.15, 0.2) is 29.4 Å². The highest BCUT2D eigenvalue weighted by Gasteiger charge is 2.13. The van der Waals surface area contributed by atoms with Gasteiger partial charge in [-0.2, -0.15) is 0 Å². The average Bonchev–Trinajstić information content (AvgIpc) is 2.68. The van der Waals surface area contributed by atoms with Crippen LogP contribution in [0.2, 0.25) is 0 Å². The standard InChI is InChI=1S/C12H11N3.2C2H6/c1-15-11-9(5-2-3-7-13-11)10-6-4-8-14-12(10)15;2*1-2/h2,4-8H,3H2,1H3;2*1-2H3. The highest BCUT2D eigenvalue weighted by atomic mass is 15.1. The van der Waals surface area contributed by atoms with Crippen LogP contribution in [0.25, 0.3) is 17.1 Å². The molecular weight excluding hydrogens is 234 g/mol. The van der Waals surface area contributed by atoms with Crippen molar-refractivity contribution < 1.29 is 0 Å². The lowest BCUT2D eigenvalue weighted by Crippen LogP contribution is -1.88. The number of hydrogen-bond acceptors (Lipinski definition) is 2. The Hall–Kier alpha value is -1.90. The van der Waals surface area contributed by atoms with Gasteiger partial charge < -0.3 is 4.57 Å². The fraction of sp³-hybridized carbons (Fsp3) is 0.375. The van der Waals surface area contributed by atoms with Gasteiger partial charge in [0.1, 0.15) is 11.5 Å². The Kier molecular flexibility index (Phi) is 6.00. The van der Waals surface area contributed by atoms with E-state index in [0.29, 0.717) is 0 Å². The lowest BCUT2D eigenvalue weighted by Gasteiger charge is -1.96. The number of pyridine rings is 1. The van der Waals surface area contributed by atoms with Crippen LogP contribution < -0.4 is 0 Å². The number of fused-ring (bicyclic) bond motifs is 3. The van der Waals surface area contributed by atoms with Crippen LogP contribution in [0.3, 0.4) is 0 Å². The zero-order valence-electron chi connectivity index (χ0n) is 12.5. The number of hydrogen-bond donors (Lipinski definition) is 0. The maximum atomic E-state index is 4.46. The SMILES string of the molecule is CC.CC.Cn1c2c(c3cccnc31)C=CCC=N2. The van der Waals surface area contributed by atoms with Gasteiger partial charge in [0.2, 0.25) is 0 Å². The van der Waals surface area contributed by atoms with E-state index in [1.54, 1.807) is 0 Å². The Morgan fingerprint density at radius 2 is 1.89 bits per heavy atom. The molecule has 3 heteroatoms. The van der Waals surface area contributed by atoms with Crippen molar-refractivity contribution in [1.29, 1.82) is 0 Å². The fourth-order valence-corrected chi connectivity index (χ4v) is 1.98. The molecule has 0 unspecified atom stereocenters. The summed E-state index contributed by atoms with van der Waals surface area (Å²) in [6.45, 7) is 8.00. The Labute approximate surface area is 115 Å². The predicted octanol–water partition coefficient (Wildman–Crippen LogP) is 4.74. The van der Waals surface area contributed by atoms with E-state index in [0.717, 1.165) is 17.9 Å². The van der Waals surface area contributed by atoms with Gasteiger partial charge in [0, 0.05) is 36.8 Å². The number of aliphatic imine (C=N–C) groups is 1. The second-order valence-corrected chi connectivity index (χ2v) is 3.62. The predicted molar refractivity (Wildman–Crippen MR) is 85.2 cm³/mol. The molecule has 0 aliphatic carbocycles. The van der Waals surface area contributed by atoms with E-state index in [1.165, 1.54) is 10.9 Å². The van der Waals surface area contributed by atoms with E-state index in [2.05, 4.69) is 28.2 Å². The largest absolute Gasteiger partial charge is 0.313 e. The molecule has 0 N–H and O–H groups in total. The first-order valence-electron chi connectivity index (χ1n) is 7.00. The maximum Gasteiger partial charge on any atom is 0.141 e. The molecule has 102 valence electrons. The van der Waals surface area contributed by atoms with E-state index < -0.39 is 0 Å². The van der Waals surface area contributed by atoms with Gasteiger partial charge in [-0.15, -0.1) is 0 Å². The van der Waals surface area contributed by atoms with Crippen molar-refractivity contribution >= 4 is 29.1 Å². The minimum absolute atomic E-state index is 0.899. The number of rotatable bonds is 0. The van der Waals surface area contributed by atoms with Gasteiger partial charge in [-0.3, -0.25) is 0 Å². The van der Waals surface area contributed by atoms with Gasteiger partial charge in [-0.25, -0.2) is 9.98 Å². The molecule has 0 aromatic carbocycles. The molecule has 19 heavy (non-hydrogen) atoms. The summed E-state index contributed by atoms with van der Waals surface area (Å²) in [4.78, 5) is 8.83. The van der Waals surface area contributed by atoms with Gasteiger partial charge >= 0.3 is 0 Å². The molecule has 0 saturated carbocycles. The minimum Gasteiger partial charge on any atom is -0.313 e. The number of aromatic nitrogens is 2. The van der Waals surface area contributed by atoms with E-state index in [9.17, 15) is 0 Å². The topological polar surface area (TPSA) is 30.2 Å². The Bertz CT molecular complexity index is 577. The first-order valence-corrected chi connectivity index (χ1v) is 7.00. The third-order valence-corrected chi connectivity index (χ3v) is 2.69. The molecule has 0 bridgehead atoms. The fourth-order valence-electron chi connectivity index (χ4n) is 1.98. The summed E-state index contributed by atoms with van der Waals surface area (Å²) >= 11 is 0. The highest BCUT2D eigenvalue weighted by molar-refractivity contribution is 5.94. The lowest BCUT2D eigenvalue weighted by molar-refractivity contribution is 0.945. The summed E-state index contributed by atoms with van der Waals surface area (Å²) in [7, 11) is 2.00. The van der Waals surface area contributed by atoms with E-state index in [-0.39, 0.29) is 0 Å². The monoisotopic (exact) mass is 257 g/mol. The van der Waals surface area contributed by atoms with Gasteiger partial charge in [-0.1, -0.05) is 39.8 Å². The number of allylic oxidation sites excluding steroid dienone is 1. The quantitative estimate of drug-likeness (QED) is 0.670. The molecule has 3 nitrogen and oxygen atoms in total. The molecular formula is C16H23N3. The van der Waals surface area contributed by atoms with Crippen LogP contribution in [0.5, 0.6) is 0 Å². The van der Waals surface area contributed by atoms with E-state index in [1.807, 2.05) is 57.8 Å². The Morgan fingerprint density at radius 1 is 1.16 bits per heavy atom. The van der Waals surface area contributed by atoms with Gasteiger partial charge in [0.15, 0.2) is 0 Å². The Balaban J connectivity index is 0.000000415. The Morgan fingerprint density at radius 3 is 2.63 bits per heavy atom. The van der Waals surface area contributed by atoms with E-state index >= 15 is 0 Å². The molecule has 2 aromatic heterocycles. The molecule has 3 rings (SSSR count). The van der Waals surface area contributed by atoms with Gasteiger partial charge in [0.25, 0.3) is 0 Å². The second kappa shape index (κ2) is 7.52. The van der Waals surface area contributed by atoms with Crippen molar-refractivity contribution in [1.82, 2.24) is 9.55 Å². The highest BCUT2D eigenvalue weighted by Crippen LogP contribution is 2.32. The van der Waals surface area contributed by atoms with Crippen LogP contribution in [0, 0.1) is 0 Å². The number of aryl methyl sites for hydroxylation is 1. The van der Waals surface area contributed by atoms with Crippen LogP contribution in [0.4, 0.5) is 5.82 Å². The summed E-state index contributed by atoms with van der Waals surface area (Å²) in [5.41, 5.74) is 2.17. The van der Waals surface area contributed by atoms with Crippen molar-refractivity contribution in [2.24, 2.45) is 12.0 Å². The molecule has 0 fully saturated rings. The van der Waals surface area contributed by atoms with Crippen LogP contribution >= 0.6 is 0 Å². The van der Waals surface area contributed by atoms with E-state index in [4.69, 9.17) is 0 Å². The van der Waals surface area contributed by atoms with Crippen molar-refractivity contribution in [3.8, 4) is 0 Å². The molecule has 1 aliphatic heterocycles. The lowest BCUT2D eigenvalue weighted by atomic mass is 10.2. The molecule has 0 radical (unpaired) electrons. The maximum absolute atomic E-state index is 4.46. The normalized spacial score (nSPS) is 11.8. The van der Waals surface area contributed by atoms with Crippen molar-refractivity contribution in [2.75, 3.05) is 0 Å². The summed E-state index contributed by atoms with van der Waals surface area (Å²) < 4.78 is 2.04. The third-order valence-electron chi connectivity index (χ3n) is 2.69. The van der Waals surface area contributed by atoms with Crippen molar-refractivity contribution in [2.45, 2.75) is 34.1 Å². The molecule has 3 heterocycles. The summed E-state index contributed by atoms with van der Waals surface area (Å²) in [6.07, 6.45) is 8.90. The van der Waals surface area contributed by atoms with Gasteiger partial charge in [0.05, 0.1) is 0 Å². The van der Waals surface area contributed by atoms with Crippen LogP contribution in [-0.2, 0) is 7.05 Å². The minimum atomic E-state index is 0.899. The zero-order valence-corrected chi connectivity index (χ0v) is 12.5. The van der Waals surface area contributed by atoms with Gasteiger partial charge in [-0.05, 0) is 12.1 Å².